The molecule has 0 saturated carbocycles. The van der Waals surface area contributed by atoms with Gasteiger partial charge in [-0.25, -0.2) is 4.39 Å². The quantitative estimate of drug-likeness (QED) is 0.854. The Labute approximate surface area is 92.4 Å². The van der Waals surface area contributed by atoms with Gasteiger partial charge in [-0.05, 0) is 11.6 Å². The van der Waals surface area contributed by atoms with Crippen LogP contribution in [0.5, 0.6) is 0 Å². The Hall–Kier alpha value is -0.930. The predicted molar refractivity (Wildman–Crippen MR) is 56.5 cm³/mol. The molecule has 1 aliphatic rings. The van der Waals surface area contributed by atoms with E-state index in [4.69, 9.17) is 11.6 Å². The molecule has 0 radical (unpaired) electrons. The molecule has 2 nitrogen and oxygen atoms in total. The van der Waals surface area contributed by atoms with Crippen molar-refractivity contribution in [2.24, 2.45) is 5.92 Å². The molecule has 1 aromatic rings. The minimum atomic E-state index is -0.472. The molecule has 2 rings (SSSR count). The van der Waals surface area contributed by atoms with Gasteiger partial charge in [0.2, 0.25) is 0 Å². The van der Waals surface area contributed by atoms with E-state index in [0.717, 1.165) is 0 Å². The van der Waals surface area contributed by atoms with Gasteiger partial charge in [0.25, 0.3) is 0 Å². The lowest BCUT2D eigenvalue weighted by atomic mass is 9.93. The largest absolute Gasteiger partial charge is 0.315 e. The molecule has 1 saturated heterocycles. The van der Waals surface area contributed by atoms with E-state index in [0.29, 0.717) is 18.7 Å². The number of carbonyl (C=O) groups excluding carboxylic acids is 1. The monoisotopic (exact) mass is 227 g/mol. The minimum Gasteiger partial charge on any atom is -0.315 e. The molecule has 0 aromatic heterocycles. The van der Waals surface area contributed by atoms with Crippen LogP contribution >= 0.6 is 11.6 Å². The lowest BCUT2D eigenvalue weighted by Gasteiger charge is -2.25. The second-order valence-electron chi connectivity index (χ2n) is 3.71. The molecular weight excluding hydrogens is 217 g/mol. The van der Waals surface area contributed by atoms with E-state index in [1.807, 2.05) is 0 Å². The van der Waals surface area contributed by atoms with Crippen molar-refractivity contribution in [1.29, 1.82) is 0 Å². The Morgan fingerprint density at radius 1 is 1.53 bits per heavy atom. The maximum absolute atomic E-state index is 13.4. The molecule has 1 fully saturated rings. The van der Waals surface area contributed by atoms with Crippen LogP contribution < -0.4 is 5.32 Å². The van der Waals surface area contributed by atoms with Crippen LogP contribution in [-0.4, -0.2) is 18.9 Å². The average Bonchev–Trinajstić information content (AvgIpc) is 2.10. The second-order valence-corrected chi connectivity index (χ2v) is 4.12. The first-order chi connectivity index (χ1) is 7.18. The minimum absolute atomic E-state index is 0.0448. The third-order valence-electron chi connectivity index (χ3n) is 2.63. The topological polar surface area (TPSA) is 29.1 Å². The van der Waals surface area contributed by atoms with E-state index in [-0.39, 0.29) is 23.1 Å². The summed E-state index contributed by atoms with van der Waals surface area (Å²) in [7, 11) is 0. The molecular formula is C11H11ClFNO. The van der Waals surface area contributed by atoms with Crippen LogP contribution in [0.4, 0.5) is 4.39 Å². The Bertz CT molecular complexity index is 390. The van der Waals surface area contributed by atoms with Crippen molar-refractivity contribution in [2.75, 3.05) is 13.1 Å². The van der Waals surface area contributed by atoms with Gasteiger partial charge in [-0.2, -0.15) is 0 Å². The van der Waals surface area contributed by atoms with Gasteiger partial charge in [-0.15, -0.1) is 0 Å². The number of rotatable bonds is 3. The van der Waals surface area contributed by atoms with Gasteiger partial charge in [0, 0.05) is 25.4 Å². The molecule has 4 heteroatoms. The zero-order valence-electron chi connectivity index (χ0n) is 8.09. The van der Waals surface area contributed by atoms with E-state index in [9.17, 15) is 9.18 Å². The van der Waals surface area contributed by atoms with Gasteiger partial charge in [0.15, 0.2) is 0 Å². The van der Waals surface area contributed by atoms with Crippen molar-refractivity contribution >= 4 is 17.4 Å². The van der Waals surface area contributed by atoms with Crippen molar-refractivity contribution in [3.63, 3.8) is 0 Å². The summed E-state index contributed by atoms with van der Waals surface area (Å²) in [4.78, 5) is 11.6. The average molecular weight is 228 g/mol. The molecule has 1 N–H and O–H groups in total. The van der Waals surface area contributed by atoms with Crippen LogP contribution in [0.2, 0.25) is 5.02 Å². The van der Waals surface area contributed by atoms with Crippen molar-refractivity contribution < 1.29 is 9.18 Å². The smallest absolute Gasteiger partial charge is 0.145 e. The summed E-state index contributed by atoms with van der Waals surface area (Å²) in [5, 5.41) is 3.09. The van der Waals surface area contributed by atoms with Crippen molar-refractivity contribution in [3.8, 4) is 0 Å². The highest BCUT2D eigenvalue weighted by atomic mass is 35.5. The van der Waals surface area contributed by atoms with Crippen LogP contribution in [0, 0.1) is 11.7 Å². The third-order valence-corrected chi connectivity index (χ3v) is 2.92. The fourth-order valence-electron chi connectivity index (χ4n) is 1.53. The normalized spacial score (nSPS) is 16.1. The zero-order valence-corrected chi connectivity index (χ0v) is 8.85. The lowest BCUT2D eigenvalue weighted by molar-refractivity contribution is -0.123. The maximum Gasteiger partial charge on any atom is 0.145 e. The molecule has 80 valence electrons. The highest BCUT2D eigenvalue weighted by Crippen LogP contribution is 2.19. The lowest BCUT2D eigenvalue weighted by Crippen LogP contribution is -2.47. The van der Waals surface area contributed by atoms with Crippen LogP contribution in [-0.2, 0) is 11.2 Å². The van der Waals surface area contributed by atoms with Gasteiger partial charge >= 0.3 is 0 Å². The summed E-state index contributed by atoms with van der Waals surface area (Å²) in [6, 6.07) is 4.74. The van der Waals surface area contributed by atoms with Crippen LogP contribution in [0.15, 0.2) is 18.2 Å². The van der Waals surface area contributed by atoms with Crippen LogP contribution in [0.3, 0.4) is 0 Å². The van der Waals surface area contributed by atoms with Crippen LogP contribution in [0.1, 0.15) is 5.56 Å². The summed E-state index contributed by atoms with van der Waals surface area (Å²) in [5.41, 5.74) is 0.388. The van der Waals surface area contributed by atoms with E-state index in [1.54, 1.807) is 12.1 Å². The Morgan fingerprint density at radius 2 is 2.27 bits per heavy atom. The number of ketones is 1. The summed E-state index contributed by atoms with van der Waals surface area (Å²) in [5.74, 6) is -0.349. The molecule has 0 bridgehead atoms. The van der Waals surface area contributed by atoms with Crippen molar-refractivity contribution in [3.05, 3.63) is 34.6 Å². The van der Waals surface area contributed by atoms with Gasteiger partial charge < -0.3 is 5.32 Å². The summed E-state index contributed by atoms with van der Waals surface area (Å²) >= 11 is 5.63. The molecule has 0 atom stereocenters. The summed E-state index contributed by atoms with van der Waals surface area (Å²) in [6.45, 7) is 1.42. The molecule has 0 unspecified atom stereocenters. The van der Waals surface area contributed by atoms with Gasteiger partial charge in [-0.1, -0.05) is 23.7 Å². The standard InChI is InChI=1S/C11H11ClFNO/c12-9-3-1-2-7(11(9)13)4-10(15)8-5-14-6-8/h1-3,8,14H,4-6H2. The number of Topliss-reactive ketones (excluding diaryl/α,β-unsaturated/α-hetero) is 1. The summed E-state index contributed by atoms with van der Waals surface area (Å²) in [6.07, 6.45) is 0.138. The molecule has 1 heterocycles. The number of carbonyl (C=O) groups is 1. The second kappa shape index (κ2) is 4.29. The number of hydrogen-bond donors (Lipinski definition) is 1. The molecule has 0 aliphatic carbocycles. The zero-order chi connectivity index (χ0) is 10.8. The van der Waals surface area contributed by atoms with E-state index >= 15 is 0 Å². The fourth-order valence-corrected chi connectivity index (χ4v) is 1.73. The van der Waals surface area contributed by atoms with E-state index in [2.05, 4.69) is 5.32 Å². The first kappa shape index (κ1) is 10.6. The molecule has 1 aliphatic heterocycles. The fraction of sp³-hybridized carbons (Fsp3) is 0.364. The van der Waals surface area contributed by atoms with E-state index in [1.165, 1.54) is 6.07 Å². The van der Waals surface area contributed by atoms with Crippen molar-refractivity contribution in [2.45, 2.75) is 6.42 Å². The molecule has 15 heavy (non-hydrogen) atoms. The molecule has 0 amide bonds. The summed E-state index contributed by atoms with van der Waals surface area (Å²) < 4.78 is 13.4. The first-order valence-electron chi connectivity index (χ1n) is 4.85. The predicted octanol–water partition coefficient (Wildman–Crippen LogP) is 1.81. The van der Waals surface area contributed by atoms with Gasteiger partial charge in [0.1, 0.15) is 11.6 Å². The number of benzene rings is 1. The highest BCUT2D eigenvalue weighted by molar-refractivity contribution is 6.30. The van der Waals surface area contributed by atoms with Crippen molar-refractivity contribution in [1.82, 2.24) is 5.32 Å². The molecule has 0 spiro atoms. The van der Waals surface area contributed by atoms with Gasteiger partial charge in [0.05, 0.1) is 5.02 Å². The highest BCUT2D eigenvalue weighted by Gasteiger charge is 2.25. The SMILES string of the molecule is O=C(Cc1cccc(Cl)c1F)C1CNC1. The Balaban J connectivity index is 2.09. The Morgan fingerprint density at radius 3 is 2.87 bits per heavy atom. The Kier molecular flexibility index (Phi) is 3.03. The maximum atomic E-state index is 13.4. The number of hydrogen-bond acceptors (Lipinski definition) is 2. The first-order valence-corrected chi connectivity index (χ1v) is 5.22. The number of nitrogens with one attached hydrogen (secondary N) is 1. The molecule has 1 aromatic carbocycles. The number of halogens is 2. The van der Waals surface area contributed by atoms with Gasteiger partial charge in [-0.3, -0.25) is 4.79 Å². The van der Waals surface area contributed by atoms with E-state index < -0.39 is 5.82 Å². The third kappa shape index (κ3) is 2.19. The van der Waals surface area contributed by atoms with Crippen LogP contribution in [0.25, 0.3) is 0 Å².